The van der Waals surface area contributed by atoms with Crippen LogP contribution in [0.25, 0.3) is 0 Å². The summed E-state index contributed by atoms with van der Waals surface area (Å²) < 4.78 is 6.67. The molecule has 0 aromatic rings. The van der Waals surface area contributed by atoms with Crippen LogP contribution in [0.1, 0.15) is 79.1 Å². The topological polar surface area (TPSA) is 110 Å². The molecule has 0 aromatic heterocycles. The van der Waals surface area contributed by atoms with Crippen LogP contribution in [0.15, 0.2) is 0 Å². The Morgan fingerprint density at radius 1 is 1.03 bits per heavy atom. The molecule has 5 aliphatic rings. The Hall–Kier alpha value is -0.240. The summed E-state index contributed by atoms with van der Waals surface area (Å²) >= 11 is 0. The monoisotopic (exact) mass is 466 g/mol. The van der Waals surface area contributed by atoms with Crippen LogP contribution in [0.5, 0.6) is 0 Å². The minimum atomic E-state index is -1.34. The lowest BCUT2D eigenvalue weighted by atomic mass is 9.42. The van der Waals surface area contributed by atoms with Crippen molar-refractivity contribution in [3.63, 3.8) is 0 Å². The molecule has 4 aliphatic carbocycles. The summed E-state index contributed by atoms with van der Waals surface area (Å²) in [7, 11) is 0. The van der Waals surface area contributed by atoms with Crippen LogP contribution < -0.4 is 0 Å². The molecule has 5 fully saturated rings. The maximum absolute atomic E-state index is 11.6. The largest absolute Gasteiger partial charge is 0.396 e. The van der Waals surface area contributed by atoms with Crippen molar-refractivity contribution < 1.29 is 30.3 Å². The third-order valence-corrected chi connectivity index (χ3v) is 11.7. The average molecular weight is 467 g/mol. The van der Waals surface area contributed by atoms with Crippen molar-refractivity contribution in [1.29, 1.82) is 0 Å². The van der Waals surface area contributed by atoms with Gasteiger partial charge in [-0.05, 0) is 85.9 Å². The maximum atomic E-state index is 11.6. The van der Waals surface area contributed by atoms with Crippen LogP contribution >= 0.6 is 0 Å². The van der Waals surface area contributed by atoms with E-state index >= 15 is 0 Å². The second kappa shape index (κ2) is 8.14. The predicted octanol–water partition coefficient (Wildman–Crippen LogP) is 2.48. The molecule has 0 unspecified atom stereocenters. The molecule has 5 N–H and O–H groups in total. The van der Waals surface area contributed by atoms with Gasteiger partial charge in [0.2, 0.25) is 0 Å². The lowest BCUT2D eigenvalue weighted by Crippen LogP contribution is -2.70. The molecule has 1 heterocycles. The Kier molecular flexibility index (Phi) is 6.03. The Morgan fingerprint density at radius 2 is 1.73 bits per heavy atom. The number of aliphatic hydroxyl groups excluding tert-OH is 4. The quantitative estimate of drug-likeness (QED) is 0.435. The van der Waals surface area contributed by atoms with Crippen molar-refractivity contribution >= 4 is 0 Å². The minimum absolute atomic E-state index is 0.0519. The van der Waals surface area contributed by atoms with Crippen molar-refractivity contribution in [1.82, 2.24) is 0 Å². The van der Waals surface area contributed by atoms with E-state index in [0.717, 1.165) is 32.1 Å². The summed E-state index contributed by atoms with van der Waals surface area (Å²) in [6.45, 7) is 9.18. The van der Waals surface area contributed by atoms with Crippen LogP contribution in [0.4, 0.5) is 0 Å². The Balaban J connectivity index is 1.38. The van der Waals surface area contributed by atoms with E-state index in [0.29, 0.717) is 42.4 Å². The summed E-state index contributed by atoms with van der Waals surface area (Å²) in [4.78, 5) is 0. The Bertz CT molecular complexity index is 746. The first-order valence-corrected chi connectivity index (χ1v) is 13.5. The third kappa shape index (κ3) is 3.34. The maximum Gasteiger partial charge on any atom is 0.0987 e. The third-order valence-electron chi connectivity index (χ3n) is 11.7. The zero-order chi connectivity index (χ0) is 23.9. The summed E-state index contributed by atoms with van der Waals surface area (Å²) in [5, 5.41) is 53.1. The average Bonchev–Trinajstić information content (AvgIpc) is 3.23. The van der Waals surface area contributed by atoms with Gasteiger partial charge in [0.05, 0.1) is 36.1 Å². The highest BCUT2D eigenvalue weighted by atomic mass is 16.5. The van der Waals surface area contributed by atoms with Gasteiger partial charge < -0.3 is 30.3 Å². The van der Waals surface area contributed by atoms with E-state index in [9.17, 15) is 25.5 Å². The molecule has 5 rings (SSSR count). The number of hydrogen-bond acceptors (Lipinski definition) is 6. The molecule has 0 bridgehead atoms. The standard InChI is InChI=1S/C27H46O6/c1-14(13-28)5-6-21-15(2)24-22(33-21)10-18-16-9-23(31)27(32)12-20(30)19(29)11-26(27,4)17(16)7-8-25(18,24)3/h14-24,28-32H,5-13H2,1-4H3/t14-,15-,16-,17+,18+,19-,20-,21-,22+,23-,24+,25+,26-,27+/m1/s1. The zero-order valence-electron chi connectivity index (χ0n) is 20.9. The van der Waals surface area contributed by atoms with Gasteiger partial charge in [0.25, 0.3) is 0 Å². The summed E-state index contributed by atoms with van der Waals surface area (Å²) in [6.07, 6.45) is 3.90. The highest BCUT2D eigenvalue weighted by Gasteiger charge is 2.70. The molecular weight excluding hydrogens is 420 g/mol. The van der Waals surface area contributed by atoms with Crippen LogP contribution in [0.3, 0.4) is 0 Å². The lowest BCUT2D eigenvalue weighted by Gasteiger charge is -2.65. The molecule has 0 radical (unpaired) electrons. The molecule has 1 saturated heterocycles. The fourth-order valence-corrected chi connectivity index (χ4v) is 9.84. The van der Waals surface area contributed by atoms with E-state index in [-0.39, 0.29) is 36.6 Å². The number of aliphatic hydroxyl groups is 5. The summed E-state index contributed by atoms with van der Waals surface area (Å²) in [5.41, 5.74) is -1.77. The number of ether oxygens (including phenoxy) is 1. The van der Waals surface area contributed by atoms with Crippen molar-refractivity contribution in [2.75, 3.05) is 6.61 Å². The molecule has 4 saturated carbocycles. The molecule has 190 valence electrons. The number of fused-ring (bicyclic) bond motifs is 7. The lowest BCUT2D eigenvalue weighted by molar-refractivity contribution is -0.280. The highest BCUT2D eigenvalue weighted by molar-refractivity contribution is 5.19. The normalized spacial score (nSPS) is 58.8. The van der Waals surface area contributed by atoms with Crippen LogP contribution in [-0.4, -0.2) is 68.3 Å². The van der Waals surface area contributed by atoms with Crippen LogP contribution in [0, 0.1) is 46.3 Å². The molecule has 0 spiro atoms. The van der Waals surface area contributed by atoms with Gasteiger partial charge in [0, 0.05) is 18.4 Å². The molecular formula is C27H46O6. The molecule has 0 amide bonds. The molecule has 14 atom stereocenters. The van der Waals surface area contributed by atoms with E-state index in [1.54, 1.807) is 0 Å². The first-order valence-electron chi connectivity index (χ1n) is 13.5. The number of rotatable bonds is 4. The molecule has 0 aromatic carbocycles. The fraction of sp³-hybridized carbons (Fsp3) is 1.00. The van der Waals surface area contributed by atoms with E-state index in [1.807, 2.05) is 0 Å². The number of hydrogen-bond donors (Lipinski definition) is 5. The summed E-state index contributed by atoms with van der Waals surface area (Å²) in [5.74, 6) is 2.31. The summed E-state index contributed by atoms with van der Waals surface area (Å²) in [6, 6.07) is 0. The van der Waals surface area contributed by atoms with E-state index in [2.05, 4.69) is 27.7 Å². The van der Waals surface area contributed by atoms with Crippen molar-refractivity contribution in [3.05, 3.63) is 0 Å². The van der Waals surface area contributed by atoms with Gasteiger partial charge >= 0.3 is 0 Å². The van der Waals surface area contributed by atoms with E-state index < -0.39 is 29.3 Å². The van der Waals surface area contributed by atoms with Gasteiger partial charge in [-0.15, -0.1) is 0 Å². The first kappa shape index (κ1) is 24.5. The zero-order valence-corrected chi connectivity index (χ0v) is 20.9. The van der Waals surface area contributed by atoms with Crippen molar-refractivity contribution in [2.45, 2.75) is 115 Å². The molecule has 6 heteroatoms. The van der Waals surface area contributed by atoms with Crippen LogP contribution in [-0.2, 0) is 4.74 Å². The predicted molar refractivity (Wildman–Crippen MR) is 124 cm³/mol. The molecule has 6 nitrogen and oxygen atoms in total. The van der Waals surface area contributed by atoms with Crippen molar-refractivity contribution in [3.8, 4) is 0 Å². The van der Waals surface area contributed by atoms with E-state index in [1.165, 1.54) is 0 Å². The van der Waals surface area contributed by atoms with Gasteiger partial charge in [-0.1, -0.05) is 27.7 Å². The minimum Gasteiger partial charge on any atom is -0.396 e. The Labute approximate surface area is 198 Å². The van der Waals surface area contributed by atoms with Crippen molar-refractivity contribution in [2.24, 2.45) is 46.3 Å². The fourth-order valence-electron chi connectivity index (χ4n) is 9.84. The second-order valence-electron chi connectivity index (χ2n) is 13.3. The van der Waals surface area contributed by atoms with Gasteiger partial charge in [-0.2, -0.15) is 0 Å². The van der Waals surface area contributed by atoms with Crippen LogP contribution in [0.2, 0.25) is 0 Å². The van der Waals surface area contributed by atoms with Gasteiger partial charge in [-0.25, -0.2) is 0 Å². The smallest absolute Gasteiger partial charge is 0.0987 e. The SMILES string of the molecule is C[C@@H](CO)CC[C@H]1O[C@H]2C[C@H]3[C@@H]4C[C@@H](O)[C@@]5(O)C[C@@H](O)[C@H](O)C[C@]5(C)[C@H]4CC[C@]3(C)[C@H]2[C@@H]1C. The van der Waals surface area contributed by atoms with Gasteiger partial charge in [-0.3, -0.25) is 0 Å². The van der Waals surface area contributed by atoms with E-state index in [4.69, 9.17) is 4.74 Å². The molecule has 1 aliphatic heterocycles. The Morgan fingerprint density at radius 3 is 2.42 bits per heavy atom. The first-order chi connectivity index (χ1) is 15.5. The molecule has 33 heavy (non-hydrogen) atoms. The highest BCUT2D eigenvalue weighted by Crippen LogP contribution is 2.70. The van der Waals surface area contributed by atoms with Gasteiger partial charge in [0.15, 0.2) is 0 Å². The second-order valence-corrected chi connectivity index (χ2v) is 13.3. The van der Waals surface area contributed by atoms with Gasteiger partial charge in [0.1, 0.15) is 0 Å².